The molecule has 0 bridgehead atoms. The Hall–Kier alpha value is -2.48. The quantitative estimate of drug-likeness (QED) is 0.791. The van der Waals surface area contributed by atoms with E-state index in [0.717, 1.165) is 0 Å². The van der Waals surface area contributed by atoms with Gasteiger partial charge in [-0.15, -0.1) is 0 Å². The van der Waals surface area contributed by atoms with Gasteiger partial charge >= 0.3 is 0 Å². The first-order valence-electron chi connectivity index (χ1n) is 4.92. The number of rotatable bonds is 2. The molecule has 0 unspecified atom stereocenters. The molecular formula is C12H9FN4. The van der Waals surface area contributed by atoms with Crippen molar-refractivity contribution in [3.63, 3.8) is 0 Å². The van der Waals surface area contributed by atoms with E-state index < -0.39 is 0 Å². The largest absolute Gasteiger partial charge is 0.328 e. The van der Waals surface area contributed by atoms with Crippen LogP contribution in [-0.2, 0) is 0 Å². The van der Waals surface area contributed by atoms with E-state index in [1.807, 2.05) is 6.07 Å². The van der Waals surface area contributed by atoms with Gasteiger partial charge in [0, 0.05) is 12.7 Å². The van der Waals surface area contributed by atoms with Crippen LogP contribution in [0.25, 0.3) is 0 Å². The van der Waals surface area contributed by atoms with Crippen LogP contribution in [0.5, 0.6) is 0 Å². The van der Waals surface area contributed by atoms with Gasteiger partial charge in [-0.1, -0.05) is 6.07 Å². The van der Waals surface area contributed by atoms with Gasteiger partial charge in [0.2, 0.25) is 0 Å². The van der Waals surface area contributed by atoms with Crippen LogP contribution < -0.4 is 4.90 Å². The summed E-state index contributed by atoms with van der Waals surface area (Å²) in [4.78, 5) is 9.67. The zero-order valence-electron chi connectivity index (χ0n) is 9.13. The highest BCUT2D eigenvalue weighted by Gasteiger charge is 2.06. The molecule has 0 aliphatic carbocycles. The average Bonchev–Trinajstić information content (AvgIpc) is 2.38. The van der Waals surface area contributed by atoms with Crippen LogP contribution in [0.1, 0.15) is 5.69 Å². The van der Waals surface area contributed by atoms with E-state index >= 15 is 0 Å². The number of hydrogen-bond acceptors (Lipinski definition) is 4. The number of hydrogen-bond donors (Lipinski definition) is 0. The van der Waals surface area contributed by atoms with Gasteiger partial charge in [-0.2, -0.15) is 5.26 Å². The first-order chi connectivity index (χ1) is 8.20. The van der Waals surface area contributed by atoms with E-state index in [1.165, 1.54) is 24.5 Å². The SMILES string of the molecule is CN(c1cccc(F)c1)c1cnc(C#N)cn1. The van der Waals surface area contributed by atoms with E-state index in [2.05, 4.69) is 9.97 Å². The van der Waals surface area contributed by atoms with Crippen LogP contribution in [0.3, 0.4) is 0 Å². The fourth-order valence-electron chi connectivity index (χ4n) is 1.37. The second-order valence-electron chi connectivity index (χ2n) is 3.41. The Balaban J connectivity index is 2.30. The van der Waals surface area contributed by atoms with Crippen molar-refractivity contribution in [1.29, 1.82) is 5.26 Å². The molecule has 17 heavy (non-hydrogen) atoms. The van der Waals surface area contributed by atoms with Crippen molar-refractivity contribution < 1.29 is 4.39 Å². The molecule has 5 heteroatoms. The molecule has 0 radical (unpaired) electrons. The lowest BCUT2D eigenvalue weighted by Crippen LogP contribution is -2.11. The summed E-state index contributed by atoms with van der Waals surface area (Å²) in [7, 11) is 1.75. The summed E-state index contributed by atoms with van der Waals surface area (Å²) in [6.45, 7) is 0. The van der Waals surface area contributed by atoms with E-state index in [4.69, 9.17) is 5.26 Å². The van der Waals surface area contributed by atoms with Crippen LogP contribution in [0.15, 0.2) is 36.7 Å². The third kappa shape index (κ3) is 2.37. The lowest BCUT2D eigenvalue weighted by molar-refractivity contribution is 0.628. The second kappa shape index (κ2) is 4.58. The van der Waals surface area contributed by atoms with Crippen molar-refractivity contribution >= 4 is 11.5 Å². The summed E-state index contributed by atoms with van der Waals surface area (Å²) in [5.41, 5.74) is 0.922. The maximum Gasteiger partial charge on any atom is 0.158 e. The molecule has 0 N–H and O–H groups in total. The molecule has 0 aliphatic rings. The Labute approximate surface area is 98.0 Å². The van der Waals surface area contributed by atoms with Crippen molar-refractivity contribution in [2.24, 2.45) is 0 Å². The molecule has 1 aromatic heterocycles. The van der Waals surface area contributed by atoms with Gasteiger partial charge in [-0.3, -0.25) is 0 Å². The highest BCUT2D eigenvalue weighted by Crippen LogP contribution is 2.21. The van der Waals surface area contributed by atoms with Crippen LogP contribution in [0, 0.1) is 17.1 Å². The summed E-state index contributed by atoms with van der Waals surface area (Å²) in [5.74, 6) is 0.241. The second-order valence-corrected chi connectivity index (χ2v) is 3.41. The molecule has 84 valence electrons. The minimum absolute atomic E-state index is 0.251. The smallest absolute Gasteiger partial charge is 0.158 e. The monoisotopic (exact) mass is 228 g/mol. The van der Waals surface area contributed by atoms with Gasteiger partial charge in [0.15, 0.2) is 11.5 Å². The summed E-state index contributed by atoms with van der Waals surface area (Å²) < 4.78 is 13.1. The number of halogens is 1. The van der Waals surface area contributed by atoms with E-state index in [0.29, 0.717) is 11.5 Å². The summed E-state index contributed by atoms with van der Waals surface area (Å²) in [6.07, 6.45) is 2.86. The molecule has 1 aromatic carbocycles. The maximum absolute atomic E-state index is 13.1. The van der Waals surface area contributed by atoms with Gasteiger partial charge in [0.1, 0.15) is 11.9 Å². The summed E-state index contributed by atoms with van der Waals surface area (Å²) in [6, 6.07) is 8.06. The zero-order chi connectivity index (χ0) is 12.3. The van der Waals surface area contributed by atoms with Crippen molar-refractivity contribution in [3.05, 3.63) is 48.2 Å². The Bertz CT molecular complexity index is 559. The molecular weight excluding hydrogens is 219 g/mol. The molecule has 2 rings (SSSR count). The van der Waals surface area contributed by atoms with Gasteiger partial charge < -0.3 is 4.90 Å². The number of nitriles is 1. The molecule has 0 aliphatic heterocycles. The van der Waals surface area contributed by atoms with Crippen LogP contribution in [0.4, 0.5) is 15.9 Å². The Morgan fingerprint density at radius 2 is 2.12 bits per heavy atom. The lowest BCUT2D eigenvalue weighted by Gasteiger charge is -2.17. The average molecular weight is 228 g/mol. The standard InChI is InChI=1S/C12H9FN4/c1-17(11-4-2-3-9(13)5-11)12-8-15-10(6-14)7-16-12/h2-5,7-8H,1H3. The minimum atomic E-state index is -0.309. The predicted molar refractivity (Wildman–Crippen MR) is 61.2 cm³/mol. The maximum atomic E-state index is 13.1. The van der Waals surface area contributed by atoms with Crippen molar-refractivity contribution in [1.82, 2.24) is 9.97 Å². The molecule has 0 fully saturated rings. The third-order valence-electron chi connectivity index (χ3n) is 2.29. The van der Waals surface area contributed by atoms with Crippen LogP contribution in [-0.4, -0.2) is 17.0 Å². The van der Waals surface area contributed by atoms with Gasteiger partial charge in [-0.25, -0.2) is 14.4 Å². The van der Waals surface area contributed by atoms with Crippen molar-refractivity contribution in [2.75, 3.05) is 11.9 Å². The lowest BCUT2D eigenvalue weighted by atomic mass is 10.3. The first-order valence-corrected chi connectivity index (χ1v) is 4.92. The topological polar surface area (TPSA) is 52.8 Å². The summed E-state index contributed by atoms with van der Waals surface area (Å²) >= 11 is 0. The molecule has 0 saturated heterocycles. The highest BCUT2D eigenvalue weighted by molar-refractivity contribution is 5.58. The minimum Gasteiger partial charge on any atom is -0.328 e. The zero-order valence-corrected chi connectivity index (χ0v) is 9.13. The van der Waals surface area contributed by atoms with Crippen LogP contribution in [0.2, 0.25) is 0 Å². The fraction of sp³-hybridized carbons (Fsp3) is 0.0833. The van der Waals surface area contributed by atoms with Gasteiger partial charge in [0.25, 0.3) is 0 Å². The highest BCUT2D eigenvalue weighted by atomic mass is 19.1. The van der Waals surface area contributed by atoms with Gasteiger partial charge in [0.05, 0.1) is 12.4 Å². The first kappa shape index (κ1) is 11.0. The Kier molecular flexibility index (Phi) is 2.97. The van der Waals surface area contributed by atoms with E-state index in [1.54, 1.807) is 24.1 Å². The number of benzene rings is 1. The van der Waals surface area contributed by atoms with Crippen LogP contribution >= 0.6 is 0 Å². The fourth-order valence-corrected chi connectivity index (χ4v) is 1.37. The molecule has 0 amide bonds. The molecule has 0 saturated carbocycles. The van der Waals surface area contributed by atoms with E-state index in [-0.39, 0.29) is 11.5 Å². The molecule has 4 nitrogen and oxygen atoms in total. The normalized spacial score (nSPS) is 9.71. The van der Waals surface area contributed by atoms with Gasteiger partial charge in [-0.05, 0) is 18.2 Å². The Morgan fingerprint density at radius 1 is 1.29 bits per heavy atom. The predicted octanol–water partition coefficient (Wildman–Crippen LogP) is 2.26. The number of anilines is 2. The Morgan fingerprint density at radius 3 is 2.71 bits per heavy atom. The van der Waals surface area contributed by atoms with Crippen molar-refractivity contribution in [2.45, 2.75) is 0 Å². The molecule has 2 aromatic rings. The number of nitrogens with zero attached hydrogens (tertiary/aromatic N) is 4. The number of aromatic nitrogens is 2. The van der Waals surface area contributed by atoms with E-state index in [9.17, 15) is 4.39 Å². The van der Waals surface area contributed by atoms with Crippen molar-refractivity contribution in [3.8, 4) is 6.07 Å². The molecule has 1 heterocycles. The third-order valence-corrected chi connectivity index (χ3v) is 2.29. The molecule has 0 spiro atoms. The molecule has 0 atom stereocenters. The summed E-state index contributed by atoms with van der Waals surface area (Å²) in [5, 5.41) is 8.60.